The molecule has 5 N–H and O–H groups in total. The van der Waals surface area contributed by atoms with Gasteiger partial charge < -0.3 is 15.3 Å². The number of nitrogens with one attached hydrogen (secondary N) is 3. The highest BCUT2D eigenvalue weighted by Gasteiger charge is 2.15. The number of aromatic amines is 2. The number of pyridine rings is 2. The van der Waals surface area contributed by atoms with Crippen molar-refractivity contribution in [1.82, 2.24) is 20.2 Å². The molecule has 1 amide bonds. The highest BCUT2D eigenvalue weighted by Crippen LogP contribution is 2.17. The fraction of sp³-hybridized carbons (Fsp3) is 0.0714. The molecule has 3 rings (SSSR count). The van der Waals surface area contributed by atoms with Crippen LogP contribution in [0.4, 0.5) is 5.13 Å². The summed E-state index contributed by atoms with van der Waals surface area (Å²) in [5.41, 5.74) is -0.106. The molecule has 0 bridgehead atoms. The number of sulfonamides is 1. The van der Waals surface area contributed by atoms with Gasteiger partial charge in [-0.05, 0) is 12.1 Å². The van der Waals surface area contributed by atoms with Crippen LogP contribution in [0.2, 0.25) is 0 Å². The number of carbonyl (C=O) groups is 1. The molecule has 13 heteroatoms. The zero-order valence-corrected chi connectivity index (χ0v) is 15.6. The molecular weight excluding hydrogens is 396 g/mol. The van der Waals surface area contributed by atoms with E-state index in [0.717, 1.165) is 0 Å². The maximum absolute atomic E-state index is 10.7. The second-order valence-corrected chi connectivity index (χ2v) is 7.27. The van der Waals surface area contributed by atoms with Crippen molar-refractivity contribution in [2.75, 3.05) is 5.32 Å². The number of hydrogen-bond donors (Lipinski definition) is 4. The first-order chi connectivity index (χ1) is 12.7. The summed E-state index contributed by atoms with van der Waals surface area (Å²) in [7, 11) is -3.82. The molecule has 0 aromatic carbocycles. The molecule has 0 aliphatic heterocycles. The number of nitrogens with two attached hydrogens (primary N) is 1. The van der Waals surface area contributed by atoms with E-state index in [1.807, 2.05) is 0 Å². The molecule has 11 nitrogen and oxygen atoms in total. The second-order valence-electron chi connectivity index (χ2n) is 4.55. The van der Waals surface area contributed by atoms with Crippen molar-refractivity contribution in [3.8, 4) is 0 Å². The summed E-state index contributed by atoms with van der Waals surface area (Å²) >= 11 is 0.701. The van der Waals surface area contributed by atoms with E-state index < -0.39 is 10.0 Å². The van der Waals surface area contributed by atoms with Crippen LogP contribution in [0.1, 0.15) is 6.92 Å². The lowest BCUT2D eigenvalue weighted by Crippen LogP contribution is -2.11. The van der Waals surface area contributed by atoms with Gasteiger partial charge in [-0.3, -0.25) is 14.4 Å². The lowest BCUT2D eigenvalue weighted by molar-refractivity contribution is -0.114. The third-order valence-corrected chi connectivity index (χ3v) is 4.44. The van der Waals surface area contributed by atoms with Crippen LogP contribution in [-0.4, -0.2) is 34.5 Å². The van der Waals surface area contributed by atoms with Crippen molar-refractivity contribution in [1.29, 1.82) is 0 Å². The van der Waals surface area contributed by atoms with Crippen molar-refractivity contribution >= 4 is 32.4 Å². The average Bonchev–Trinajstić information content (AvgIpc) is 3.05. The monoisotopic (exact) mass is 412 g/mol. The Hall–Kier alpha value is -3.16. The molecule has 0 fully saturated rings. The molecule has 0 spiro atoms. The first-order valence-corrected chi connectivity index (χ1v) is 9.46. The molecule has 3 aromatic rings. The standard InChI is InChI=1S/2C5H5NO.C4H6N4O3S2/c2*7-5-3-1-2-4-6-5;1-2(9)6-3-7-8-4(12-3)13(5,10)11/h2*1-4H,(H,6,7);1H3,(H2,5,10,11)(H,6,7,9). The van der Waals surface area contributed by atoms with Crippen LogP contribution in [0.15, 0.2) is 62.7 Å². The summed E-state index contributed by atoms with van der Waals surface area (Å²) in [4.78, 5) is 35.9. The smallest absolute Gasteiger partial charge is 0.267 e. The Labute approximate surface area is 157 Å². The second kappa shape index (κ2) is 10.7. The SMILES string of the molecule is CC(=O)Nc1nnc(S(N)(=O)=O)s1.O=c1cccc[nH]1.O=c1cccc[nH]1. The number of carbonyl (C=O) groups excluding carboxylic acids is 1. The van der Waals surface area contributed by atoms with Gasteiger partial charge in [0.25, 0.3) is 10.0 Å². The largest absolute Gasteiger partial charge is 0.329 e. The fourth-order valence-electron chi connectivity index (χ4n) is 1.28. The number of anilines is 1. The van der Waals surface area contributed by atoms with Gasteiger partial charge in [0.05, 0.1) is 0 Å². The van der Waals surface area contributed by atoms with Crippen LogP contribution < -0.4 is 21.6 Å². The fourth-order valence-corrected chi connectivity index (χ4v) is 2.66. The summed E-state index contributed by atoms with van der Waals surface area (Å²) < 4.78 is 21.1. The Morgan fingerprint density at radius 2 is 1.56 bits per heavy atom. The number of aromatic nitrogens is 4. The first-order valence-electron chi connectivity index (χ1n) is 7.10. The normalized spacial score (nSPS) is 9.85. The van der Waals surface area contributed by atoms with Gasteiger partial charge in [0.2, 0.25) is 26.5 Å². The molecule has 0 atom stereocenters. The topological polar surface area (TPSA) is 181 Å². The van der Waals surface area contributed by atoms with Crippen LogP contribution in [0.3, 0.4) is 0 Å². The van der Waals surface area contributed by atoms with Gasteiger partial charge in [-0.2, -0.15) is 0 Å². The highest BCUT2D eigenvalue weighted by molar-refractivity contribution is 7.91. The maximum Gasteiger partial charge on any atom is 0.267 e. The molecular formula is C14H16N6O5S2. The number of primary sulfonamides is 1. The molecule has 0 saturated carbocycles. The average molecular weight is 412 g/mol. The van der Waals surface area contributed by atoms with Gasteiger partial charge in [-0.15, -0.1) is 10.2 Å². The summed E-state index contributed by atoms with van der Waals surface area (Å²) in [5.74, 6) is -0.350. The molecule has 0 saturated heterocycles. The van der Waals surface area contributed by atoms with Crippen LogP contribution >= 0.6 is 11.3 Å². The number of amides is 1. The van der Waals surface area contributed by atoms with Crippen LogP contribution in [0, 0.1) is 0 Å². The van der Waals surface area contributed by atoms with Crippen LogP contribution in [0.25, 0.3) is 0 Å². The van der Waals surface area contributed by atoms with E-state index in [9.17, 15) is 22.8 Å². The van der Waals surface area contributed by atoms with Crippen molar-refractivity contribution < 1.29 is 13.2 Å². The predicted molar refractivity (Wildman–Crippen MR) is 99.7 cm³/mol. The minimum absolute atomic E-state index is 0.0532. The molecule has 27 heavy (non-hydrogen) atoms. The van der Waals surface area contributed by atoms with Gasteiger partial charge in [-0.1, -0.05) is 23.5 Å². The van der Waals surface area contributed by atoms with Gasteiger partial charge in [-0.25, -0.2) is 13.6 Å². The molecule has 0 radical (unpaired) electrons. The van der Waals surface area contributed by atoms with E-state index in [1.54, 1.807) is 36.7 Å². The van der Waals surface area contributed by atoms with Crippen LogP contribution in [0.5, 0.6) is 0 Å². The number of nitrogens with zero attached hydrogens (tertiary/aromatic N) is 2. The van der Waals surface area contributed by atoms with Gasteiger partial charge in [0, 0.05) is 31.5 Å². The summed E-state index contributed by atoms with van der Waals surface area (Å²) in [6.07, 6.45) is 3.20. The molecule has 0 aliphatic rings. The summed E-state index contributed by atoms with van der Waals surface area (Å²) in [6, 6.07) is 9.86. The number of hydrogen-bond acceptors (Lipinski definition) is 8. The van der Waals surface area contributed by atoms with Gasteiger partial charge in [0.1, 0.15) is 0 Å². The van der Waals surface area contributed by atoms with Gasteiger partial charge >= 0.3 is 0 Å². The lowest BCUT2D eigenvalue weighted by Gasteiger charge is -1.90. The van der Waals surface area contributed by atoms with E-state index in [-0.39, 0.29) is 26.5 Å². The van der Waals surface area contributed by atoms with Crippen molar-refractivity contribution in [3.63, 3.8) is 0 Å². The summed E-state index contributed by atoms with van der Waals surface area (Å²) in [5, 5.41) is 13.8. The van der Waals surface area contributed by atoms with E-state index in [2.05, 4.69) is 25.5 Å². The number of rotatable bonds is 2. The van der Waals surface area contributed by atoms with Crippen molar-refractivity contribution in [2.24, 2.45) is 5.14 Å². The Bertz CT molecular complexity index is 993. The van der Waals surface area contributed by atoms with E-state index in [4.69, 9.17) is 5.14 Å². The molecule has 0 aliphatic carbocycles. The lowest BCUT2D eigenvalue weighted by atomic mass is 10.5. The predicted octanol–water partition coefficient (Wildman–Crippen LogP) is -0.106. The minimum atomic E-state index is -3.82. The molecule has 144 valence electrons. The maximum atomic E-state index is 10.7. The summed E-state index contributed by atoms with van der Waals surface area (Å²) in [6.45, 7) is 1.28. The third kappa shape index (κ3) is 9.78. The first kappa shape index (κ1) is 21.9. The Morgan fingerprint density at radius 1 is 1.04 bits per heavy atom. The van der Waals surface area contributed by atoms with E-state index >= 15 is 0 Å². The van der Waals surface area contributed by atoms with Crippen LogP contribution in [-0.2, 0) is 14.8 Å². The highest BCUT2D eigenvalue weighted by atomic mass is 32.2. The molecule has 3 heterocycles. The minimum Gasteiger partial charge on any atom is -0.329 e. The van der Waals surface area contributed by atoms with Gasteiger partial charge in [0.15, 0.2) is 0 Å². The van der Waals surface area contributed by atoms with Crippen molar-refractivity contribution in [3.05, 3.63) is 69.5 Å². The number of H-pyrrole nitrogens is 2. The van der Waals surface area contributed by atoms with Crippen molar-refractivity contribution in [2.45, 2.75) is 11.3 Å². The Morgan fingerprint density at radius 3 is 1.81 bits per heavy atom. The molecule has 3 aromatic heterocycles. The zero-order chi connectivity index (χ0) is 20.3. The van der Waals surface area contributed by atoms with E-state index in [0.29, 0.717) is 11.3 Å². The quantitative estimate of drug-likeness (QED) is 0.424. The van der Waals surface area contributed by atoms with E-state index in [1.165, 1.54) is 19.1 Å². The Balaban J connectivity index is 0.000000220. The third-order valence-electron chi connectivity index (χ3n) is 2.29. The Kier molecular flexibility index (Phi) is 8.71. The molecule has 0 unspecified atom stereocenters. The zero-order valence-electron chi connectivity index (χ0n) is 13.9.